The van der Waals surface area contributed by atoms with E-state index in [9.17, 15) is 10.1 Å². The first-order chi connectivity index (χ1) is 9.58. The van der Waals surface area contributed by atoms with Crippen LogP contribution in [0.15, 0.2) is 18.2 Å². The number of hydrogen-bond donors (Lipinski definition) is 1. The van der Waals surface area contributed by atoms with Gasteiger partial charge in [0.1, 0.15) is 0 Å². The smallest absolute Gasteiger partial charge is 0.272 e. The first-order valence-electron chi connectivity index (χ1n) is 6.49. The first-order valence-corrected chi connectivity index (χ1v) is 6.49. The molecule has 1 aliphatic carbocycles. The zero-order chi connectivity index (χ0) is 14.3. The Morgan fingerprint density at radius 3 is 2.90 bits per heavy atom. The molecule has 104 valence electrons. The molecule has 0 atom stereocenters. The van der Waals surface area contributed by atoms with E-state index in [-0.39, 0.29) is 10.6 Å². The van der Waals surface area contributed by atoms with Crippen LogP contribution in [0.4, 0.5) is 11.5 Å². The van der Waals surface area contributed by atoms with Crippen LogP contribution in [0.2, 0.25) is 0 Å². The van der Waals surface area contributed by atoms with E-state index >= 15 is 0 Å². The lowest BCUT2D eigenvalue weighted by atomic mass is 10.1. The lowest BCUT2D eigenvalue weighted by molar-refractivity contribution is -0.385. The number of nitrogens with zero attached hydrogens (tertiary/aromatic N) is 4. The third kappa shape index (κ3) is 2.11. The van der Waals surface area contributed by atoms with Crippen molar-refractivity contribution in [3.63, 3.8) is 0 Å². The molecule has 0 radical (unpaired) electrons. The van der Waals surface area contributed by atoms with E-state index in [1.54, 1.807) is 17.7 Å². The van der Waals surface area contributed by atoms with E-state index in [4.69, 9.17) is 5.73 Å². The van der Waals surface area contributed by atoms with E-state index in [1.165, 1.54) is 6.07 Å². The summed E-state index contributed by atoms with van der Waals surface area (Å²) in [5.41, 5.74) is 8.46. The third-order valence-corrected chi connectivity index (χ3v) is 3.70. The van der Waals surface area contributed by atoms with Gasteiger partial charge in [-0.15, -0.1) is 5.10 Å². The van der Waals surface area contributed by atoms with Crippen molar-refractivity contribution < 1.29 is 4.92 Å². The van der Waals surface area contributed by atoms with Gasteiger partial charge in [-0.05, 0) is 25.3 Å². The van der Waals surface area contributed by atoms with Gasteiger partial charge in [0.15, 0.2) is 5.82 Å². The summed E-state index contributed by atoms with van der Waals surface area (Å²) in [6, 6.07) is 5.07. The average molecular weight is 273 g/mol. The van der Waals surface area contributed by atoms with Crippen molar-refractivity contribution in [2.75, 3.05) is 5.73 Å². The van der Waals surface area contributed by atoms with Crippen LogP contribution in [0.5, 0.6) is 0 Å². The summed E-state index contributed by atoms with van der Waals surface area (Å²) < 4.78 is 1.76. The molecule has 7 heteroatoms. The number of nitrogens with two attached hydrogens (primary N) is 1. The van der Waals surface area contributed by atoms with Crippen molar-refractivity contribution in [2.24, 2.45) is 0 Å². The molecular formula is C13H15N5O2. The molecule has 0 spiro atoms. The molecule has 0 aliphatic heterocycles. The Bertz CT molecular complexity index is 675. The molecule has 1 heterocycles. The molecule has 2 aromatic rings. The molecule has 0 amide bonds. The second-order valence-electron chi connectivity index (χ2n) is 5.11. The van der Waals surface area contributed by atoms with Gasteiger partial charge in [0.05, 0.1) is 17.2 Å². The Balaban J connectivity index is 1.96. The van der Waals surface area contributed by atoms with Crippen molar-refractivity contribution in [1.29, 1.82) is 0 Å². The highest BCUT2D eigenvalue weighted by atomic mass is 16.6. The zero-order valence-electron chi connectivity index (χ0n) is 11.1. The number of nitro benzene ring substituents is 1. The second-order valence-corrected chi connectivity index (χ2v) is 5.11. The van der Waals surface area contributed by atoms with E-state index < -0.39 is 0 Å². The summed E-state index contributed by atoms with van der Waals surface area (Å²) in [5.74, 6) is 0.902. The molecule has 1 aromatic heterocycles. The summed E-state index contributed by atoms with van der Waals surface area (Å²) in [7, 11) is 0. The van der Waals surface area contributed by atoms with Gasteiger partial charge in [-0.25, -0.2) is 4.68 Å². The number of anilines is 1. The van der Waals surface area contributed by atoms with Crippen LogP contribution in [0.3, 0.4) is 0 Å². The van der Waals surface area contributed by atoms with Crippen LogP contribution < -0.4 is 5.73 Å². The first kappa shape index (κ1) is 12.6. The number of hydrogen-bond acceptors (Lipinski definition) is 5. The van der Waals surface area contributed by atoms with Crippen molar-refractivity contribution in [1.82, 2.24) is 15.0 Å². The second kappa shape index (κ2) is 4.59. The van der Waals surface area contributed by atoms with Gasteiger partial charge in [-0.1, -0.05) is 17.3 Å². The van der Waals surface area contributed by atoms with Gasteiger partial charge in [0.25, 0.3) is 5.69 Å². The summed E-state index contributed by atoms with van der Waals surface area (Å²) >= 11 is 0. The van der Waals surface area contributed by atoms with Gasteiger partial charge in [-0.3, -0.25) is 10.1 Å². The Morgan fingerprint density at radius 2 is 2.25 bits per heavy atom. The van der Waals surface area contributed by atoms with Crippen LogP contribution >= 0.6 is 0 Å². The molecule has 1 aromatic carbocycles. The standard InChI is InChI=1S/C13H15N5O2/c1-8-10(3-2-4-11(8)18(19)20)7-17-12(9-5-6-9)13(14)15-16-17/h2-4,9H,5-7,14H2,1H3. The van der Waals surface area contributed by atoms with Gasteiger partial charge in [0, 0.05) is 17.5 Å². The highest BCUT2D eigenvalue weighted by molar-refractivity contribution is 5.45. The lowest BCUT2D eigenvalue weighted by Crippen LogP contribution is -2.08. The van der Waals surface area contributed by atoms with Gasteiger partial charge < -0.3 is 5.73 Å². The Morgan fingerprint density at radius 1 is 1.50 bits per heavy atom. The highest BCUT2D eigenvalue weighted by Crippen LogP contribution is 2.42. The summed E-state index contributed by atoms with van der Waals surface area (Å²) in [4.78, 5) is 10.6. The molecule has 2 N–H and O–H groups in total. The Kier molecular flexibility index (Phi) is 2.89. The van der Waals surface area contributed by atoms with Crippen LogP contribution in [-0.2, 0) is 6.54 Å². The molecule has 7 nitrogen and oxygen atoms in total. The van der Waals surface area contributed by atoms with Gasteiger partial charge >= 0.3 is 0 Å². The summed E-state index contributed by atoms with van der Waals surface area (Å²) in [6.07, 6.45) is 2.21. The van der Waals surface area contributed by atoms with Crippen LogP contribution in [0.1, 0.15) is 35.6 Å². The van der Waals surface area contributed by atoms with Crippen LogP contribution in [0, 0.1) is 17.0 Å². The number of nitro groups is 1. The SMILES string of the molecule is Cc1c(Cn2nnc(N)c2C2CC2)cccc1[N+](=O)[O-]. The van der Waals surface area contributed by atoms with Crippen molar-refractivity contribution in [2.45, 2.75) is 32.2 Å². The van der Waals surface area contributed by atoms with Crippen molar-refractivity contribution in [3.8, 4) is 0 Å². The number of benzene rings is 1. The molecule has 1 fully saturated rings. The van der Waals surface area contributed by atoms with E-state index in [0.717, 1.165) is 24.1 Å². The minimum absolute atomic E-state index is 0.128. The van der Waals surface area contributed by atoms with E-state index in [1.807, 2.05) is 6.07 Å². The van der Waals surface area contributed by atoms with E-state index in [0.29, 0.717) is 23.8 Å². The fourth-order valence-corrected chi connectivity index (χ4v) is 2.43. The van der Waals surface area contributed by atoms with Crippen LogP contribution in [-0.4, -0.2) is 19.9 Å². The predicted molar refractivity (Wildman–Crippen MR) is 73.3 cm³/mol. The van der Waals surface area contributed by atoms with Gasteiger partial charge in [0.2, 0.25) is 0 Å². The number of aromatic nitrogens is 3. The molecule has 0 bridgehead atoms. The summed E-state index contributed by atoms with van der Waals surface area (Å²) in [5, 5.41) is 18.9. The monoisotopic (exact) mass is 273 g/mol. The number of rotatable bonds is 4. The largest absolute Gasteiger partial charge is 0.381 e. The minimum atomic E-state index is -0.365. The highest BCUT2D eigenvalue weighted by Gasteiger charge is 2.30. The number of nitrogen functional groups attached to an aromatic ring is 1. The molecule has 1 aliphatic rings. The van der Waals surface area contributed by atoms with E-state index in [2.05, 4.69) is 10.3 Å². The molecule has 20 heavy (non-hydrogen) atoms. The van der Waals surface area contributed by atoms with Gasteiger partial charge in [-0.2, -0.15) is 0 Å². The predicted octanol–water partition coefficient (Wildman–Crippen LogP) is 2.00. The van der Waals surface area contributed by atoms with Crippen LogP contribution in [0.25, 0.3) is 0 Å². The molecule has 1 saturated carbocycles. The quantitative estimate of drug-likeness (QED) is 0.678. The zero-order valence-corrected chi connectivity index (χ0v) is 11.1. The van der Waals surface area contributed by atoms with Crippen molar-refractivity contribution >= 4 is 11.5 Å². The molecule has 0 saturated heterocycles. The normalized spacial score (nSPS) is 14.4. The fraction of sp³-hybridized carbons (Fsp3) is 0.385. The Hall–Kier alpha value is -2.44. The maximum absolute atomic E-state index is 11.0. The molecule has 3 rings (SSSR count). The topological polar surface area (TPSA) is 99.9 Å². The summed E-state index contributed by atoms with van der Waals surface area (Å²) in [6.45, 7) is 2.22. The average Bonchev–Trinajstić information content (AvgIpc) is 3.17. The fourth-order valence-electron chi connectivity index (χ4n) is 2.43. The third-order valence-electron chi connectivity index (χ3n) is 3.70. The minimum Gasteiger partial charge on any atom is -0.381 e. The maximum Gasteiger partial charge on any atom is 0.272 e. The molecular weight excluding hydrogens is 258 g/mol. The van der Waals surface area contributed by atoms with Crippen molar-refractivity contribution in [3.05, 3.63) is 45.1 Å². The Labute approximate surface area is 115 Å². The maximum atomic E-state index is 11.0. The molecule has 0 unspecified atom stereocenters. The lowest BCUT2D eigenvalue weighted by Gasteiger charge is -2.09.